The van der Waals surface area contributed by atoms with Crippen molar-refractivity contribution in [2.24, 2.45) is 10.7 Å². The molecule has 1 aromatic carbocycles. The van der Waals surface area contributed by atoms with Crippen molar-refractivity contribution in [1.82, 2.24) is 5.32 Å². The highest BCUT2D eigenvalue weighted by Crippen LogP contribution is 2.14. The molecule has 0 heterocycles. The van der Waals surface area contributed by atoms with Gasteiger partial charge in [0.05, 0.1) is 6.54 Å². The molecule has 4 heteroatoms. The Morgan fingerprint density at radius 2 is 2.18 bits per heavy atom. The highest BCUT2D eigenvalue weighted by molar-refractivity contribution is 6.31. The molecule has 3 N–H and O–H groups in total. The first-order valence-electron chi connectivity index (χ1n) is 5.51. The third kappa shape index (κ3) is 5.41. The summed E-state index contributed by atoms with van der Waals surface area (Å²) in [4.78, 5) is 4.13. The van der Waals surface area contributed by atoms with Crippen LogP contribution in [0.4, 0.5) is 0 Å². The van der Waals surface area contributed by atoms with Crippen LogP contribution in [0.15, 0.2) is 41.4 Å². The van der Waals surface area contributed by atoms with Gasteiger partial charge in [0.15, 0.2) is 5.96 Å². The van der Waals surface area contributed by atoms with Gasteiger partial charge in [-0.05, 0) is 25.0 Å². The second kappa shape index (κ2) is 6.97. The van der Waals surface area contributed by atoms with Crippen LogP contribution in [0.5, 0.6) is 0 Å². The summed E-state index contributed by atoms with van der Waals surface area (Å²) < 4.78 is 0. The zero-order valence-corrected chi connectivity index (χ0v) is 10.8. The third-order valence-corrected chi connectivity index (χ3v) is 2.55. The van der Waals surface area contributed by atoms with Crippen molar-refractivity contribution in [3.05, 3.63) is 47.0 Å². The van der Waals surface area contributed by atoms with Gasteiger partial charge in [-0.3, -0.25) is 0 Å². The van der Waals surface area contributed by atoms with Crippen molar-refractivity contribution in [1.29, 1.82) is 0 Å². The van der Waals surface area contributed by atoms with Crippen LogP contribution < -0.4 is 11.1 Å². The number of nitrogens with zero attached hydrogens (tertiary/aromatic N) is 1. The van der Waals surface area contributed by atoms with Gasteiger partial charge in [-0.2, -0.15) is 0 Å². The molecule has 1 rings (SSSR count). The Balaban J connectivity index is 2.35. The van der Waals surface area contributed by atoms with E-state index in [4.69, 9.17) is 17.3 Å². The average molecular weight is 252 g/mol. The van der Waals surface area contributed by atoms with E-state index in [1.54, 1.807) is 0 Å². The van der Waals surface area contributed by atoms with Crippen LogP contribution in [0.3, 0.4) is 0 Å². The predicted octanol–water partition coefficient (Wildman–Crippen LogP) is 2.36. The van der Waals surface area contributed by atoms with Crippen molar-refractivity contribution >= 4 is 17.6 Å². The average Bonchev–Trinajstić information content (AvgIpc) is 2.29. The summed E-state index contributed by atoms with van der Waals surface area (Å²) in [5, 5.41) is 3.83. The van der Waals surface area contributed by atoms with E-state index < -0.39 is 0 Å². The van der Waals surface area contributed by atoms with Gasteiger partial charge in [-0.1, -0.05) is 42.0 Å². The smallest absolute Gasteiger partial charge is 0.188 e. The number of guanidine groups is 1. The van der Waals surface area contributed by atoms with E-state index in [2.05, 4.69) is 16.9 Å². The fourth-order valence-electron chi connectivity index (χ4n) is 1.30. The second-order valence-corrected chi connectivity index (χ2v) is 4.33. The molecule has 0 aliphatic heterocycles. The van der Waals surface area contributed by atoms with E-state index in [-0.39, 0.29) is 0 Å². The Kier molecular flexibility index (Phi) is 5.57. The molecule has 0 amide bonds. The minimum atomic E-state index is 0.444. The lowest BCUT2D eigenvalue weighted by molar-refractivity contribution is 0.852. The van der Waals surface area contributed by atoms with E-state index in [0.717, 1.165) is 29.1 Å². The monoisotopic (exact) mass is 251 g/mol. The Morgan fingerprint density at radius 3 is 2.82 bits per heavy atom. The first kappa shape index (κ1) is 13.6. The molecule has 0 aliphatic rings. The molecule has 0 spiro atoms. The maximum Gasteiger partial charge on any atom is 0.188 e. The summed E-state index contributed by atoms with van der Waals surface area (Å²) >= 11 is 6.04. The fraction of sp³-hybridized carbons (Fsp3) is 0.308. The topological polar surface area (TPSA) is 50.4 Å². The molecule has 0 saturated carbocycles. The van der Waals surface area contributed by atoms with Crippen molar-refractivity contribution in [3.8, 4) is 0 Å². The molecule has 1 aromatic rings. The van der Waals surface area contributed by atoms with Gasteiger partial charge in [0.2, 0.25) is 0 Å². The second-order valence-electron chi connectivity index (χ2n) is 3.93. The first-order valence-corrected chi connectivity index (χ1v) is 5.89. The lowest BCUT2D eigenvalue weighted by Gasteiger charge is -2.07. The van der Waals surface area contributed by atoms with Crippen molar-refractivity contribution in [3.63, 3.8) is 0 Å². The molecule has 3 nitrogen and oxygen atoms in total. The van der Waals surface area contributed by atoms with E-state index in [9.17, 15) is 0 Å². The minimum absolute atomic E-state index is 0.444. The number of hydrogen-bond acceptors (Lipinski definition) is 1. The predicted molar refractivity (Wildman–Crippen MR) is 74.5 cm³/mol. The number of aliphatic imine (C=N–C) groups is 1. The van der Waals surface area contributed by atoms with Crippen LogP contribution in [0.1, 0.15) is 12.5 Å². The normalized spacial score (nSPS) is 11.3. The molecule has 0 aliphatic carbocycles. The zero-order chi connectivity index (χ0) is 12.7. The maximum absolute atomic E-state index is 6.04. The van der Waals surface area contributed by atoms with Gasteiger partial charge >= 0.3 is 0 Å². The molecule has 92 valence electrons. The summed E-state index contributed by atoms with van der Waals surface area (Å²) in [6.45, 7) is 6.95. The summed E-state index contributed by atoms with van der Waals surface area (Å²) in [6, 6.07) is 7.78. The minimum Gasteiger partial charge on any atom is -0.370 e. The molecule has 0 fully saturated rings. The molecule has 0 saturated heterocycles. The SMILES string of the molecule is C=C(C)CN=C(N)NCCc1ccccc1Cl. The van der Waals surface area contributed by atoms with E-state index >= 15 is 0 Å². The molecular weight excluding hydrogens is 234 g/mol. The van der Waals surface area contributed by atoms with Crippen molar-refractivity contribution in [2.75, 3.05) is 13.1 Å². The lowest BCUT2D eigenvalue weighted by Crippen LogP contribution is -2.33. The highest BCUT2D eigenvalue weighted by atomic mass is 35.5. The molecule has 0 unspecified atom stereocenters. The largest absolute Gasteiger partial charge is 0.370 e. The Hall–Kier alpha value is -1.48. The van der Waals surface area contributed by atoms with Crippen molar-refractivity contribution in [2.45, 2.75) is 13.3 Å². The van der Waals surface area contributed by atoms with Crippen molar-refractivity contribution < 1.29 is 0 Å². The lowest BCUT2D eigenvalue weighted by atomic mass is 10.1. The van der Waals surface area contributed by atoms with Gasteiger partial charge in [-0.25, -0.2) is 4.99 Å². The molecule has 17 heavy (non-hydrogen) atoms. The first-order chi connectivity index (χ1) is 8.09. The molecule has 0 bridgehead atoms. The summed E-state index contributed by atoms with van der Waals surface area (Å²) in [5.74, 6) is 0.444. The number of rotatable bonds is 5. The van der Waals surface area contributed by atoms with Gasteiger partial charge < -0.3 is 11.1 Å². The van der Waals surface area contributed by atoms with Crippen LogP contribution in [-0.2, 0) is 6.42 Å². The van der Waals surface area contributed by atoms with Crippen LogP contribution in [0.25, 0.3) is 0 Å². The summed E-state index contributed by atoms with van der Waals surface area (Å²) in [6.07, 6.45) is 0.822. The number of nitrogens with one attached hydrogen (secondary N) is 1. The van der Waals surface area contributed by atoms with Crippen LogP contribution in [-0.4, -0.2) is 19.0 Å². The standard InChI is InChI=1S/C13H18ClN3/c1-10(2)9-17-13(15)16-8-7-11-5-3-4-6-12(11)14/h3-6H,1,7-9H2,2H3,(H3,15,16,17). The number of hydrogen-bond donors (Lipinski definition) is 2. The number of nitrogens with two attached hydrogens (primary N) is 1. The van der Waals surface area contributed by atoms with E-state index in [1.807, 2.05) is 31.2 Å². The van der Waals surface area contributed by atoms with Crippen LogP contribution in [0, 0.1) is 0 Å². The van der Waals surface area contributed by atoms with Crippen LogP contribution >= 0.6 is 11.6 Å². The van der Waals surface area contributed by atoms with Gasteiger partial charge in [0.1, 0.15) is 0 Å². The quantitative estimate of drug-likeness (QED) is 0.480. The molecular formula is C13H18ClN3. The van der Waals surface area contributed by atoms with Gasteiger partial charge in [0.25, 0.3) is 0 Å². The van der Waals surface area contributed by atoms with E-state index in [1.165, 1.54) is 0 Å². The number of halogens is 1. The summed E-state index contributed by atoms with van der Waals surface area (Å²) in [5.41, 5.74) is 7.78. The summed E-state index contributed by atoms with van der Waals surface area (Å²) in [7, 11) is 0. The van der Waals surface area contributed by atoms with Gasteiger partial charge in [-0.15, -0.1) is 0 Å². The molecule has 0 aromatic heterocycles. The van der Waals surface area contributed by atoms with E-state index in [0.29, 0.717) is 12.5 Å². The maximum atomic E-state index is 6.04. The Labute approximate surface area is 107 Å². The highest BCUT2D eigenvalue weighted by Gasteiger charge is 1.98. The Bertz CT molecular complexity index is 413. The molecule has 0 radical (unpaired) electrons. The fourth-order valence-corrected chi connectivity index (χ4v) is 1.53. The third-order valence-electron chi connectivity index (χ3n) is 2.18. The Morgan fingerprint density at radius 1 is 1.47 bits per heavy atom. The van der Waals surface area contributed by atoms with Gasteiger partial charge in [0, 0.05) is 11.6 Å². The molecule has 0 atom stereocenters. The number of benzene rings is 1. The zero-order valence-electron chi connectivity index (χ0n) is 10.0. The van der Waals surface area contributed by atoms with Crippen LogP contribution in [0.2, 0.25) is 5.02 Å².